The van der Waals surface area contributed by atoms with Crippen LogP contribution in [0.1, 0.15) is 37.4 Å². The molecule has 4 nitrogen and oxygen atoms in total. The van der Waals surface area contributed by atoms with Gasteiger partial charge in [-0.05, 0) is 18.1 Å². The summed E-state index contributed by atoms with van der Waals surface area (Å²) in [5.74, 6) is -0.296. The third kappa shape index (κ3) is 5.23. The third-order valence-corrected chi connectivity index (χ3v) is 3.91. The summed E-state index contributed by atoms with van der Waals surface area (Å²) in [6.07, 6.45) is 0.826. The smallest absolute Gasteiger partial charge is 0.243 e. The lowest BCUT2D eigenvalue weighted by atomic mass is 10.0. The minimum absolute atomic E-state index is 0.115. The zero-order chi connectivity index (χ0) is 17.4. The molecule has 0 aliphatic rings. The molecule has 0 saturated heterocycles. The maximum atomic E-state index is 12.7. The van der Waals surface area contributed by atoms with Crippen LogP contribution in [-0.4, -0.2) is 17.9 Å². The van der Waals surface area contributed by atoms with Crippen LogP contribution in [0, 0.1) is 0 Å². The Hall–Kier alpha value is -2.62. The van der Waals surface area contributed by atoms with Crippen molar-refractivity contribution in [1.82, 2.24) is 10.6 Å². The molecule has 4 heteroatoms. The molecule has 0 spiro atoms. The Balaban J connectivity index is 2.07. The predicted molar refractivity (Wildman–Crippen MR) is 95.4 cm³/mol. The summed E-state index contributed by atoms with van der Waals surface area (Å²) >= 11 is 0. The normalized spacial score (nSPS) is 12.9. The molecule has 0 bridgehead atoms. The van der Waals surface area contributed by atoms with Gasteiger partial charge in [-0.1, -0.05) is 67.6 Å². The van der Waals surface area contributed by atoms with Gasteiger partial charge in [0.15, 0.2) is 0 Å². The van der Waals surface area contributed by atoms with E-state index in [4.69, 9.17) is 0 Å². The van der Waals surface area contributed by atoms with Crippen molar-refractivity contribution in [1.29, 1.82) is 0 Å². The van der Waals surface area contributed by atoms with E-state index in [1.807, 2.05) is 67.6 Å². The number of nitrogens with one attached hydrogen (secondary N) is 2. The van der Waals surface area contributed by atoms with Crippen molar-refractivity contribution in [2.75, 3.05) is 0 Å². The Morgan fingerprint density at radius 3 is 2.08 bits per heavy atom. The van der Waals surface area contributed by atoms with Crippen LogP contribution in [0.3, 0.4) is 0 Å². The van der Waals surface area contributed by atoms with Gasteiger partial charge in [0.05, 0.1) is 6.04 Å². The van der Waals surface area contributed by atoms with E-state index < -0.39 is 6.04 Å². The Kier molecular flexibility index (Phi) is 6.55. The highest BCUT2D eigenvalue weighted by atomic mass is 16.2. The zero-order valence-electron chi connectivity index (χ0n) is 14.2. The lowest BCUT2D eigenvalue weighted by Crippen LogP contribution is -2.48. The molecule has 2 amide bonds. The van der Waals surface area contributed by atoms with E-state index in [0.29, 0.717) is 12.8 Å². The van der Waals surface area contributed by atoms with Crippen LogP contribution in [0.4, 0.5) is 0 Å². The van der Waals surface area contributed by atoms with E-state index in [2.05, 4.69) is 10.6 Å². The molecule has 0 aliphatic heterocycles. The third-order valence-electron chi connectivity index (χ3n) is 3.91. The molecule has 2 aromatic carbocycles. The molecule has 0 aromatic heterocycles. The molecule has 2 rings (SSSR count). The monoisotopic (exact) mass is 324 g/mol. The molecular weight excluding hydrogens is 300 g/mol. The van der Waals surface area contributed by atoms with E-state index in [0.717, 1.165) is 11.1 Å². The molecule has 0 radical (unpaired) electrons. The van der Waals surface area contributed by atoms with Crippen LogP contribution >= 0.6 is 0 Å². The van der Waals surface area contributed by atoms with E-state index in [1.54, 1.807) is 6.92 Å². The van der Waals surface area contributed by atoms with Gasteiger partial charge < -0.3 is 10.6 Å². The van der Waals surface area contributed by atoms with Crippen molar-refractivity contribution in [2.45, 2.75) is 38.8 Å². The van der Waals surface area contributed by atoms with Crippen molar-refractivity contribution >= 4 is 11.8 Å². The van der Waals surface area contributed by atoms with E-state index in [1.165, 1.54) is 0 Å². The number of rotatable bonds is 7. The van der Waals surface area contributed by atoms with Gasteiger partial charge in [-0.3, -0.25) is 9.59 Å². The summed E-state index contributed by atoms with van der Waals surface area (Å²) in [6.45, 7) is 3.72. The van der Waals surface area contributed by atoms with Gasteiger partial charge in [0.25, 0.3) is 0 Å². The molecule has 2 aromatic rings. The zero-order valence-corrected chi connectivity index (χ0v) is 14.2. The molecule has 0 fully saturated rings. The van der Waals surface area contributed by atoms with Crippen LogP contribution in [-0.2, 0) is 16.0 Å². The molecule has 2 N–H and O–H groups in total. The van der Waals surface area contributed by atoms with Crippen LogP contribution in [0.25, 0.3) is 0 Å². The summed E-state index contributed by atoms with van der Waals surface area (Å²) in [7, 11) is 0. The molecule has 0 saturated carbocycles. The largest absolute Gasteiger partial charge is 0.348 e. The number of benzene rings is 2. The number of amides is 2. The SMILES string of the molecule is CCC(=O)NC(Cc1ccccc1)C(=O)NC(C)c1ccccc1. The highest BCUT2D eigenvalue weighted by molar-refractivity contribution is 5.88. The molecule has 24 heavy (non-hydrogen) atoms. The standard InChI is InChI=1S/C20H24N2O2/c1-3-19(23)22-18(14-16-10-6-4-7-11-16)20(24)21-15(2)17-12-8-5-9-13-17/h4-13,15,18H,3,14H2,1-2H3,(H,21,24)(H,22,23). The van der Waals surface area contributed by atoms with E-state index in [9.17, 15) is 9.59 Å². The fourth-order valence-corrected chi connectivity index (χ4v) is 2.49. The summed E-state index contributed by atoms with van der Waals surface area (Å²) in [4.78, 5) is 24.4. The number of carbonyl (C=O) groups is 2. The highest BCUT2D eigenvalue weighted by Crippen LogP contribution is 2.12. The second kappa shape index (κ2) is 8.87. The predicted octanol–water partition coefficient (Wildman–Crippen LogP) is 3.00. The fourth-order valence-electron chi connectivity index (χ4n) is 2.49. The van der Waals surface area contributed by atoms with Gasteiger partial charge in [-0.2, -0.15) is 0 Å². The maximum Gasteiger partial charge on any atom is 0.243 e. The average Bonchev–Trinajstić information content (AvgIpc) is 2.62. The Morgan fingerprint density at radius 1 is 0.917 bits per heavy atom. The van der Waals surface area contributed by atoms with Crippen molar-refractivity contribution in [3.05, 3.63) is 71.8 Å². The van der Waals surface area contributed by atoms with E-state index >= 15 is 0 Å². The first-order valence-corrected chi connectivity index (χ1v) is 8.28. The second-order valence-electron chi connectivity index (χ2n) is 5.80. The van der Waals surface area contributed by atoms with Gasteiger partial charge in [-0.25, -0.2) is 0 Å². The fraction of sp³-hybridized carbons (Fsp3) is 0.300. The van der Waals surface area contributed by atoms with Crippen molar-refractivity contribution < 1.29 is 9.59 Å². The van der Waals surface area contributed by atoms with Crippen molar-refractivity contribution in [3.8, 4) is 0 Å². The topological polar surface area (TPSA) is 58.2 Å². The Labute approximate surface area is 143 Å². The number of carbonyl (C=O) groups excluding carboxylic acids is 2. The van der Waals surface area contributed by atoms with Gasteiger partial charge in [0, 0.05) is 12.8 Å². The minimum atomic E-state index is -0.578. The second-order valence-corrected chi connectivity index (χ2v) is 5.80. The summed E-state index contributed by atoms with van der Waals surface area (Å²) in [6, 6.07) is 18.8. The quantitative estimate of drug-likeness (QED) is 0.822. The number of hydrogen-bond donors (Lipinski definition) is 2. The van der Waals surface area contributed by atoms with E-state index in [-0.39, 0.29) is 17.9 Å². The first-order chi connectivity index (χ1) is 11.6. The summed E-state index contributed by atoms with van der Waals surface area (Å²) in [5, 5.41) is 5.81. The summed E-state index contributed by atoms with van der Waals surface area (Å²) in [5.41, 5.74) is 2.05. The van der Waals surface area contributed by atoms with Gasteiger partial charge >= 0.3 is 0 Å². The van der Waals surface area contributed by atoms with Crippen LogP contribution in [0.5, 0.6) is 0 Å². The molecule has 2 unspecified atom stereocenters. The van der Waals surface area contributed by atoms with Crippen LogP contribution in [0.15, 0.2) is 60.7 Å². The first kappa shape index (κ1) is 17.7. The molecule has 0 aliphatic carbocycles. The molecule has 2 atom stereocenters. The molecular formula is C20H24N2O2. The minimum Gasteiger partial charge on any atom is -0.348 e. The number of hydrogen-bond acceptors (Lipinski definition) is 2. The van der Waals surface area contributed by atoms with Crippen LogP contribution < -0.4 is 10.6 Å². The lowest BCUT2D eigenvalue weighted by Gasteiger charge is -2.21. The average molecular weight is 324 g/mol. The molecule has 126 valence electrons. The highest BCUT2D eigenvalue weighted by Gasteiger charge is 2.22. The maximum absolute atomic E-state index is 12.7. The van der Waals surface area contributed by atoms with Crippen molar-refractivity contribution in [2.24, 2.45) is 0 Å². The lowest BCUT2D eigenvalue weighted by molar-refractivity contribution is -0.129. The summed E-state index contributed by atoms with van der Waals surface area (Å²) < 4.78 is 0. The first-order valence-electron chi connectivity index (χ1n) is 8.28. The van der Waals surface area contributed by atoms with Gasteiger partial charge in [0.1, 0.15) is 6.04 Å². The van der Waals surface area contributed by atoms with Crippen LogP contribution in [0.2, 0.25) is 0 Å². The molecule has 0 heterocycles. The Morgan fingerprint density at radius 2 is 1.50 bits per heavy atom. The van der Waals surface area contributed by atoms with Crippen molar-refractivity contribution in [3.63, 3.8) is 0 Å². The Bertz CT molecular complexity index is 656. The van der Waals surface area contributed by atoms with Gasteiger partial charge in [0.2, 0.25) is 11.8 Å². The van der Waals surface area contributed by atoms with Gasteiger partial charge in [-0.15, -0.1) is 0 Å².